The Balaban J connectivity index is 1.72. The van der Waals surface area contributed by atoms with E-state index in [1.165, 1.54) is 43.3 Å². The molecule has 3 N–H and O–H groups in total. The minimum absolute atomic E-state index is 0.00551. The zero-order valence-electron chi connectivity index (χ0n) is 16.8. The first-order valence-electron chi connectivity index (χ1n) is 9.39. The second-order valence-electron chi connectivity index (χ2n) is 6.83. The molecule has 0 aromatic heterocycles. The van der Waals surface area contributed by atoms with Crippen molar-refractivity contribution in [2.75, 3.05) is 16.0 Å². The van der Waals surface area contributed by atoms with Gasteiger partial charge in [-0.3, -0.25) is 14.4 Å². The van der Waals surface area contributed by atoms with Gasteiger partial charge >= 0.3 is 6.18 Å². The third-order valence-electron chi connectivity index (χ3n) is 4.28. The smallest absolute Gasteiger partial charge is 0.326 e. The number of hydrogen-bond acceptors (Lipinski definition) is 3. The lowest BCUT2D eigenvalue weighted by molar-refractivity contribution is -0.137. The Morgan fingerprint density at radius 3 is 1.56 bits per heavy atom. The highest BCUT2D eigenvalue weighted by Gasteiger charge is 2.30. The van der Waals surface area contributed by atoms with Crippen LogP contribution in [0.1, 0.15) is 33.2 Å². The van der Waals surface area contributed by atoms with E-state index in [-0.39, 0.29) is 22.7 Å². The number of hydrogen-bond donors (Lipinski definition) is 3. The number of halogens is 3. The van der Waals surface area contributed by atoms with E-state index in [0.717, 1.165) is 12.1 Å². The fourth-order valence-electron chi connectivity index (χ4n) is 2.86. The minimum Gasteiger partial charge on any atom is -0.326 e. The Morgan fingerprint density at radius 2 is 1.09 bits per heavy atom. The fraction of sp³-hybridized carbons (Fsp3) is 0.0870. The lowest BCUT2D eigenvalue weighted by atomic mass is 10.1. The topological polar surface area (TPSA) is 87.3 Å². The van der Waals surface area contributed by atoms with Gasteiger partial charge in [-0.15, -0.1) is 0 Å². The highest BCUT2D eigenvalue weighted by Crippen LogP contribution is 2.30. The number of carbonyl (C=O) groups is 3. The largest absolute Gasteiger partial charge is 0.416 e. The van der Waals surface area contributed by atoms with Crippen LogP contribution in [-0.2, 0) is 11.0 Å². The molecule has 6 nitrogen and oxygen atoms in total. The van der Waals surface area contributed by atoms with Crippen molar-refractivity contribution >= 4 is 34.8 Å². The molecule has 0 aliphatic rings. The van der Waals surface area contributed by atoms with Crippen LogP contribution in [0.5, 0.6) is 0 Å². The Bertz CT molecular complexity index is 1180. The average Bonchev–Trinajstić information content (AvgIpc) is 2.73. The molecule has 0 spiro atoms. The van der Waals surface area contributed by atoms with Crippen molar-refractivity contribution in [3.05, 3.63) is 89.5 Å². The molecule has 0 aliphatic carbocycles. The number of rotatable bonds is 5. The highest BCUT2D eigenvalue weighted by molar-refractivity contribution is 6.08. The Labute approximate surface area is 181 Å². The van der Waals surface area contributed by atoms with Crippen LogP contribution in [0.15, 0.2) is 72.8 Å². The van der Waals surface area contributed by atoms with Crippen molar-refractivity contribution in [2.24, 2.45) is 0 Å². The summed E-state index contributed by atoms with van der Waals surface area (Å²) < 4.78 is 38.6. The van der Waals surface area contributed by atoms with E-state index >= 15 is 0 Å². The summed E-state index contributed by atoms with van der Waals surface area (Å²) in [7, 11) is 0. The zero-order chi connectivity index (χ0) is 23.3. The van der Waals surface area contributed by atoms with Crippen LogP contribution in [0, 0.1) is 0 Å². The van der Waals surface area contributed by atoms with Crippen LogP contribution in [0.3, 0.4) is 0 Å². The normalized spacial score (nSPS) is 10.9. The standard InChI is InChI=1S/C23H18F3N3O3/c1-14(30)27-18-8-2-5-15(11-18)21(31)28-19-9-3-6-16(12-19)22(32)29-20-10-4-7-17(13-20)23(24,25)26/h2-13H,1H3,(H,27,30)(H,28,31)(H,29,32). The number of carbonyl (C=O) groups excluding carboxylic acids is 3. The molecule has 0 saturated heterocycles. The van der Waals surface area contributed by atoms with Gasteiger partial charge in [0, 0.05) is 35.1 Å². The summed E-state index contributed by atoms with van der Waals surface area (Å²) in [5.74, 6) is -1.37. The molecular formula is C23H18F3N3O3. The third-order valence-corrected chi connectivity index (χ3v) is 4.28. The second-order valence-corrected chi connectivity index (χ2v) is 6.83. The molecule has 3 aromatic rings. The number of nitrogens with one attached hydrogen (secondary N) is 3. The van der Waals surface area contributed by atoms with Gasteiger partial charge in [0.2, 0.25) is 5.91 Å². The maximum Gasteiger partial charge on any atom is 0.416 e. The predicted molar refractivity (Wildman–Crippen MR) is 115 cm³/mol. The van der Waals surface area contributed by atoms with Crippen LogP contribution < -0.4 is 16.0 Å². The van der Waals surface area contributed by atoms with Crippen LogP contribution >= 0.6 is 0 Å². The Morgan fingerprint density at radius 1 is 0.656 bits per heavy atom. The average molecular weight is 441 g/mol. The summed E-state index contributed by atoms with van der Waals surface area (Å²) in [6.45, 7) is 1.35. The van der Waals surface area contributed by atoms with Crippen LogP contribution in [-0.4, -0.2) is 17.7 Å². The molecule has 0 bridgehead atoms. The highest BCUT2D eigenvalue weighted by atomic mass is 19.4. The molecule has 0 unspecified atom stereocenters. The Hall–Kier alpha value is -4.14. The van der Waals surface area contributed by atoms with Gasteiger partial charge in [0.25, 0.3) is 11.8 Å². The summed E-state index contributed by atoms with van der Waals surface area (Å²) in [4.78, 5) is 36.2. The molecule has 3 amide bonds. The molecule has 3 rings (SSSR count). The summed E-state index contributed by atoms with van der Waals surface area (Å²) in [6, 6.07) is 16.6. The third kappa shape index (κ3) is 5.94. The molecule has 32 heavy (non-hydrogen) atoms. The number of amides is 3. The van der Waals surface area contributed by atoms with Gasteiger partial charge in [-0.25, -0.2) is 0 Å². The molecule has 164 valence electrons. The van der Waals surface area contributed by atoms with Crippen LogP contribution in [0.4, 0.5) is 30.2 Å². The van der Waals surface area contributed by atoms with Gasteiger partial charge in [-0.1, -0.05) is 18.2 Å². The first kappa shape index (κ1) is 22.5. The fourth-order valence-corrected chi connectivity index (χ4v) is 2.86. The van der Waals surface area contributed by atoms with Gasteiger partial charge in [-0.05, 0) is 54.6 Å². The summed E-state index contributed by atoms with van der Waals surface area (Å²) in [5, 5.41) is 7.65. The van der Waals surface area contributed by atoms with Crippen molar-refractivity contribution in [3.8, 4) is 0 Å². The molecule has 0 fully saturated rings. The maximum atomic E-state index is 12.9. The van der Waals surface area contributed by atoms with E-state index < -0.39 is 23.6 Å². The molecule has 0 atom stereocenters. The van der Waals surface area contributed by atoms with Crippen molar-refractivity contribution in [3.63, 3.8) is 0 Å². The molecule has 0 aliphatic heterocycles. The number of benzene rings is 3. The summed E-state index contributed by atoms with van der Waals surface area (Å²) in [6.07, 6.45) is -4.53. The quantitative estimate of drug-likeness (QED) is 0.511. The number of anilines is 3. The van der Waals surface area contributed by atoms with E-state index in [2.05, 4.69) is 16.0 Å². The van der Waals surface area contributed by atoms with Crippen molar-refractivity contribution in [1.82, 2.24) is 0 Å². The van der Waals surface area contributed by atoms with Crippen LogP contribution in [0.2, 0.25) is 0 Å². The van der Waals surface area contributed by atoms with Gasteiger partial charge in [0.05, 0.1) is 5.56 Å². The number of alkyl halides is 3. The van der Waals surface area contributed by atoms with Gasteiger partial charge in [0.1, 0.15) is 0 Å². The molecule has 9 heteroatoms. The van der Waals surface area contributed by atoms with Gasteiger partial charge < -0.3 is 16.0 Å². The lowest BCUT2D eigenvalue weighted by Gasteiger charge is -2.11. The maximum absolute atomic E-state index is 12.9. The SMILES string of the molecule is CC(=O)Nc1cccc(C(=O)Nc2cccc(C(=O)Nc3cccc(C(F)(F)F)c3)c2)c1. The zero-order valence-corrected chi connectivity index (χ0v) is 16.8. The lowest BCUT2D eigenvalue weighted by Crippen LogP contribution is -2.15. The Kier molecular flexibility index (Phi) is 6.58. The summed E-state index contributed by atoms with van der Waals surface area (Å²) >= 11 is 0. The molecule has 0 heterocycles. The first-order valence-corrected chi connectivity index (χ1v) is 9.39. The van der Waals surface area contributed by atoms with E-state index in [1.54, 1.807) is 24.3 Å². The minimum atomic E-state index is -4.53. The molecular weight excluding hydrogens is 423 g/mol. The molecule has 0 radical (unpaired) electrons. The van der Waals surface area contributed by atoms with E-state index in [4.69, 9.17) is 0 Å². The van der Waals surface area contributed by atoms with E-state index in [9.17, 15) is 27.6 Å². The predicted octanol–water partition coefficient (Wildman–Crippen LogP) is 5.17. The second kappa shape index (κ2) is 9.34. The summed E-state index contributed by atoms with van der Waals surface area (Å²) in [5.41, 5.74) is 0.324. The molecule has 3 aromatic carbocycles. The monoisotopic (exact) mass is 441 g/mol. The van der Waals surface area contributed by atoms with E-state index in [1.807, 2.05) is 0 Å². The van der Waals surface area contributed by atoms with Gasteiger partial charge in [-0.2, -0.15) is 13.2 Å². The van der Waals surface area contributed by atoms with Gasteiger partial charge in [0.15, 0.2) is 0 Å². The van der Waals surface area contributed by atoms with Crippen LogP contribution in [0.25, 0.3) is 0 Å². The van der Waals surface area contributed by atoms with Crippen molar-refractivity contribution in [1.29, 1.82) is 0 Å². The van der Waals surface area contributed by atoms with Crippen molar-refractivity contribution < 1.29 is 27.6 Å². The van der Waals surface area contributed by atoms with E-state index in [0.29, 0.717) is 11.4 Å². The van der Waals surface area contributed by atoms with Crippen molar-refractivity contribution in [2.45, 2.75) is 13.1 Å². The molecule has 0 saturated carbocycles. The first-order chi connectivity index (χ1) is 15.1.